The Morgan fingerprint density at radius 3 is 2.72 bits per heavy atom. The van der Waals surface area contributed by atoms with Crippen LogP contribution in [0.4, 0.5) is 0 Å². The van der Waals surface area contributed by atoms with E-state index in [1.165, 1.54) is 6.39 Å². The fourth-order valence-electron chi connectivity index (χ4n) is 3.20. The molecule has 1 atom stereocenters. The van der Waals surface area contributed by atoms with E-state index in [0.29, 0.717) is 31.7 Å². The van der Waals surface area contributed by atoms with Gasteiger partial charge in [0.1, 0.15) is 0 Å². The first kappa shape index (κ1) is 17.2. The summed E-state index contributed by atoms with van der Waals surface area (Å²) in [6.45, 7) is 5.28. The molecule has 25 heavy (non-hydrogen) atoms. The second-order valence-corrected chi connectivity index (χ2v) is 6.34. The third kappa shape index (κ3) is 3.73. The van der Waals surface area contributed by atoms with Gasteiger partial charge in [-0.05, 0) is 18.9 Å². The van der Waals surface area contributed by atoms with Crippen LogP contribution in [0.15, 0.2) is 41.1 Å². The van der Waals surface area contributed by atoms with Gasteiger partial charge in [0, 0.05) is 32.1 Å². The van der Waals surface area contributed by atoms with Crippen molar-refractivity contribution in [3.63, 3.8) is 0 Å². The van der Waals surface area contributed by atoms with E-state index in [1.54, 1.807) is 11.8 Å². The Morgan fingerprint density at radius 2 is 2.08 bits per heavy atom. The molecule has 0 bridgehead atoms. The smallest absolute Gasteiger partial charge is 0.291 e. The molecule has 0 N–H and O–H groups in total. The van der Waals surface area contributed by atoms with Crippen molar-refractivity contribution in [1.82, 2.24) is 14.8 Å². The van der Waals surface area contributed by atoms with Gasteiger partial charge in [-0.15, -0.1) is 0 Å². The summed E-state index contributed by atoms with van der Waals surface area (Å²) in [7, 11) is 0. The van der Waals surface area contributed by atoms with Crippen molar-refractivity contribution in [2.45, 2.75) is 39.3 Å². The first-order chi connectivity index (χ1) is 12.1. The molecule has 1 fully saturated rings. The summed E-state index contributed by atoms with van der Waals surface area (Å²) in [6.07, 6.45) is 2.39. The summed E-state index contributed by atoms with van der Waals surface area (Å²) in [4.78, 5) is 33.0. The maximum Gasteiger partial charge on any atom is 0.291 e. The molecule has 6 heteroatoms. The van der Waals surface area contributed by atoms with Crippen molar-refractivity contribution < 1.29 is 14.0 Å². The highest BCUT2D eigenvalue weighted by atomic mass is 16.3. The third-order valence-corrected chi connectivity index (χ3v) is 4.68. The topological polar surface area (TPSA) is 66.7 Å². The van der Waals surface area contributed by atoms with Crippen LogP contribution in [0.5, 0.6) is 0 Å². The number of rotatable bonds is 4. The van der Waals surface area contributed by atoms with Crippen LogP contribution in [0, 0.1) is 6.92 Å². The van der Waals surface area contributed by atoms with E-state index in [4.69, 9.17) is 4.42 Å². The van der Waals surface area contributed by atoms with E-state index in [9.17, 15) is 9.59 Å². The Kier molecular flexibility index (Phi) is 5.16. The van der Waals surface area contributed by atoms with Crippen LogP contribution in [-0.4, -0.2) is 45.7 Å². The maximum atomic E-state index is 12.7. The van der Waals surface area contributed by atoms with Crippen molar-refractivity contribution in [2.24, 2.45) is 0 Å². The minimum Gasteiger partial charge on any atom is -0.438 e. The van der Waals surface area contributed by atoms with E-state index >= 15 is 0 Å². The Bertz CT molecular complexity index is 741. The number of aryl methyl sites for hydroxylation is 1. The highest BCUT2D eigenvalue weighted by molar-refractivity contribution is 5.93. The van der Waals surface area contributed by atoms with Gasteiger partial charge in [0.15, 0.2) is 6.39 Å². The maximum absolute atomic E-state index is 12.7. The molecule has 0 aliphatic carbocycles. The number of nitrogens with zero attached hydrogens (tertiary/aromatic N) is 3. The molecule has 1 saturated heterocycles. The summed E-state index contributed by atoms with van der Waals surface area (Å²) >= 11 is 0. The molecule has 6 nitrogen and oxygen atoms in total. The second-order valence-electron chi connectivity index (χ2n) is 6.34. The zero-order valence-corrected chi connectivity index (χ0v) is 14.6. The van der Waals surface area contributed by atoms with Crippen LogP contribution in [0.3, 0.4) is 0 Å². The number of aromatic nitrogens is 1. The van der Waals surface area contributed by atoms with Gasteiger partial charge >= 0.3 is 0 Å². The third-order valence-electron chi connectivity index (χ3n) is 4.68. The molecule has 0 radical (unpaired) electrons. The van der Waals surface area contributed by atoms with Gasteiger partial charge in [-0.3, -0.25) is 9.59 Å². The van der Waals surface area contributed by atoms with Crippen LogP contribution >= 0.6 is 0 Å². The van der Waals surface area contributed by atoms with Gasteiger partial charge in [-0.1, -0.05) is 37.3 Å². The van der Waals surface area contributed by atoms with E-state index in [0.717, 1.165) is 12.0 Å². The van der Waals surface area contributed by atoms with Gasteiger partial charge in [0.05, 0.1) is 5.69 Å². The van der Waals surface area contributed by atoms with Gasteiger partial charge in [0.25, 0.3) is 5.91 Å². The molecule has 1 aromatic heterocycles. The molecule has 1 aliphatic rings. The van der Waals surface area contributed by atoms with Crippen molar-refractivity contribution in [1.29, 1.82) is 0 Å². The lowest BCUT2D eigenvalue weighted by atomic mass is 10.1. The molecule has 2 aromatic rings. The zero-order valence-electron chi connectivity index (χ0n) is 14.6. The molecule has 1 aromatic carbocycles. The number of carbonyl (C=O) groups excluding carboxylic acids is 2. The average Bonchev–Trinajstić information content (AvgIpc) is 2.99. The Balaban J connectivity index is 1.79. The highest BCUT2D eigenvalue weighted by Crippen LogP contribution is 2.20. The summed E-state index contributed by atoms with van der Waals surface area (Å²) in [5, 5.41) is 0. The number of hydrogen-bond donors (Lipinski definition) is 0. The van der Waals surface area contributed by atoms with E-state index < -0.39 is 0 Å². The van der Waals surface area contributed by atoms with Gasteiger partial charge in [-0.25, -0.2) is 4.98 Å². The number of benzene rings is 1. The molecule has 2 amide bonds. The quantitative estimate of drug-likeness (QED) is 0.857. The minimum absolute atomic E-state index is 0.0117. The fourth-order valence-corrected chi connectivity index (χ4v) is 3.20. The Labute approximate surface area is 147 Å². The molecule has 2 heterocycles. The summed E-state index contributed by atoms with van der Waals surface area (Å²) in [5.74, 6) is 0.155. The number of amides is 2. The monoisotopic (exact) mass is 341 g/mol. The molecule has 1 aliphatic heterocycles. The number of hydrogen-bond acceptors (Lipinski definition) is 4. The van der Waals surface area contributed by atoms with E-state index in [2.05, 4.69) is 4.98 Å². The fraction of sp³-hybridized carbons (Fsp3) is 0.421. The average molecular weight is 341 g/mol. The highest BCUT2D eigenvalue weighted by Gasteiger charge is 2.32. The second kappa shape index (κ2) is 7.51. The Hall–Kier alpha value is -2.63. The van der Waals surface area contributed by atoms with Crippen LogP contribution in [0.1, 0.15) is 41.6 Å². The lowest BCUT2D eigenvalue weighted by Crippen LogP contribution is -2.43. The molecule has 0 saturated carbocycles. The van der Waals surface area contributed by atoms with Gasteiger partial charge in [0.2, 0.25) is 11.7 Å². The number of carbonyl (C=O) groups is 2. The Morgan fingerprint density at radius 1 is 1.32 bits per heavy atom. The first-order valence-electron chi connectivity index (χ1n) is 8.63. The largest absolute Gasteiger partial charge is 0.438 e. The van der Waals surface area contributed by atoms with Crippen LogP contribution in [0.2, 0.25) is 0 Å². The predicted octanol–water partition coefficient (Wildman–Crippen LogP) is 2.64. The molecule has 3 rings (SSSR count). The van der Waals surface area contributed by atoms with Crippen molar-refractivity contribution in [2.75, 3.05) is 13.1 Å². The molecule has 0 spiro atoms. The summed E-state index contributed by atoms with van der Waals surface area (Å²) < 4.78 is 5.24. The number of oxazole rings is 1. The SMILES string of the molecule is CC[C@@H]1CN(C(=O)c2ocnc2C)CCC(=O)N1Cc1ccccc1. The zero-order chi connectivity index (χ0) is 17.8. The van der Waals surface area contributed by atoms with Gasteiger partial charge < -0.3 is 14.2 Å². The first-order valence-corrected chi connectivity index (χ1v) is 8.63. The molecular formula is C19H23N3O3. The van der Waals surface area contributed by atoms with E-state index in [-0.39, 0.29) is 23.6 Å². The summed E-state index contributed by atoms with van der Waals surface area (Å²) in [6, 6.07) is 9.94. The van der Waals surface area contributed by atoms with Crippen molar-refractivity contribution in [3.05, 3.63) is 53.7 Å². The molecule has 132 valence electrons. The minimum atomic E-state index is -0.192. The van der Waals surface area contributed by atoms with Crippen molar-refractivity contribution >= 4 is 11.8 Å². The van der Waals surface area contributed by atoms with Crippen LogP contribution in [-0.2, 0) is 11.3 Å². The predicted molar refractivity (Wildman–Crippen MR) is 92.8 cm³/mol. The van der Waals surface area contributed by atoms with Crippen LogP contribution < -0.4 is 0 Å². The standard InChI is InChI=1S/C19H23N3O3/c1-3-16-12-21(19(24)18-14(2)20-13-25-18)10-9-17(23)22(16)11-15-7-5-4-6-8-15/h4-8,13,16H,3,9-12H2,1-2H3/t16-/m1/s1. The lowest BCUT2D eigenvalue weighted by molar-refractivity contribution is -0.133. The van der Waals surface area contributed by atoms with Gasteiger partial charge in [-0.2, -0.15) is 0 Å². The molecular weight excluding hydrogens is 318 g/mol. The normalized spacial score (nSPS) is 18.3. The van der Waals surface area contributed by atoms with E-state index in [1.807, 2.05) is 42.2 Å². The lowest BCUT2D eigenvalue weighted by Gasteiger charge is -2.31. The van der Waals surface area contributed by atoms with Crippen molar-refractivity contribution in [3.8, 4) is 0 Å². The van der Waals surface area contributed by atoms with Crippen LogP contribution in [0.25, 0.3) is 0 Å². The summed E-state index contributed by atoms with van der Waals surface area (Å²) in [5.41, 5.74) is 1.68. The molecule has 0 unspecified atom stereocenters.